The molecule has 0 saturated carbocycles. The fourth-order valence-electron chi connectivity index (χ4n) is 2.62. The number of fused-ring (bicyclic) bond motifs is 1. The van der Waals surface area contributed by atoms with Crippen molar-refractivity contribution >= 4 is 45.0 Å². The molecule has 7 nitrogen and oxygen atoms in total. The van der Waals surface area contributed by atoms with Crippen LogP contribution in [-0.2, 0) is 20.7 Å². The molecule has 3 aromatic rings. The molecule has 2 heterocycles. The number of esters is 2. The van der Waals surface area contributed by atoms with E-state index < -0.39 is 11.9 Å². The molecule has 0 amide bonds. The Morgan fingerprint density at radius 1 is 1.21 bits per heavy atom. The van der Waals surface area contributed by atoms with E-state index in [4.69, 9.17) is 4.74 Å². The van der Waals surface area contributed by atoms with Gasteiger partial charge >= 0.3 is 11.9 Å². The number of hydrogen-bond acceptors (Lipinski definition) is 8. The zero-order valence-corrected chi connectivity index (χ0v) is 16.4. The number of benzene rings is 1. The van der Waals surface area contributed by atoms with Crippen LogP contribution in [0.25, 0.3) is 10.2 Å². The predicted octanol–water partition coefficient (Wildman–Crippen LogP) is 3.77. The van der Waals surface area contributed by atoms with Gasteiger partial charge in [-0.2, -0.15) is 0 Å². The summed E-state index contributed by atoms with van der Waals surface area (Å²) in [6.45, 7) is 3.77. The number of hydrogen-bond donors (Lipinski definition) is 1. The molecule has 0 bridgehead atoms. The van der Waals surface area contributed by atoms with Crippen molar-refractivity contribution in [3.05, 3.63) is 46.3 Å². The molecule has 9 heteroatoms. The Labute approximate surface area is 164 Å². The molecule has 0 aliphatic carbocycles. The normalized spacial score (nSPS) is 10.7. The summed E-state index contributed by atoms with van der Waals surface area (Å²) in [6.07, 6.45) is -0.115. The third-order valence-electron chi connectivity index (χ3n) is 3.93. The average molecular weight is 403 g/mol. The molecule has 1 aromatic carbocycles. The zero-order valence-electron chi connectivity index (χ0n) is 15.5. The lowest BCUT2D eigenvalue weighted by molar-refractivity contribution is -0.139. The van der Waals surface area contributed by atoms with E-state index in [9.17, 15) is 14.0 Å². The summed E-state index contributed by atoms with van der Waals surface area (Å²) >= 11 is 1.17. The summed E-state index contributed by atoms with van der Waals surface area (Å²) in [5.41, 5.74) is 1.28. The van der Waals surface area contributed by atoms with E-state index in [1.165, 1.54) is 30.6 Å². The molecule has 0 saturated heterocycles. The summed E-state index contributed by atoms with van der Waals surface area (Å²) in [5.74, 6) is -0.613. The maximum atomic E-state index is 13.2. The highest BCUT2D eigenvalue weighted by Gasteiger charge is 2.22. The van der Waals surface area contributed by atoms with Gasteiger partial charge in [-0.05, 0) is 43.7 Å². The van der Waals surface area contributed by atoms with Crippen LogP contribution in [-0.4, -0.2) is 35.6 Å². The van der Waals surface area contributed by atoms with Crippen molar-refractivity contribution in [3.8, 4) is 0 Å². The number of aromatic nitrogens is 2. The molecule has 0 aliphatic heterocycles. The maximum absolute atomic E-state index is 13.2. The minimum atomic E-state index is -0.481. The molecule has 1 N–H and O–H groups in total. The van der Waals surface area contributed by atoms with Gasteiger partial charge in [0.2, 0.25) is 0 Å². The van der Waals surface area contributed by atoms with E-state index in [0.717, 1.165) is 0 Å². The highest BCUT2D eigenvalue weighted by molar-refractivity contribution is 7.20. The van der Waals surface area contributed by atoms with Crippen molar-refractivity contribution in [2.45, 2.75) is 20.3 Å². The Hall–Kier alpha value is -3.07. The average Bonchev–Trinajstić information content (AvgIpc) is 3.00. The van der Waals surface area contributed by atoms with Crippen LogP contribution in [0.1, 0.15) is 28.0 Å². The molecule has 0 radical (unpaired) electrons. The van der Waals surface area contributed by atoms with Crippen molar-refractivity contribution in [1.29, 1.82) is 0 Å². The zero-order chi connectivity index (χ0) is 20.3. The van der Waals surface area contributed by atoms with Crippen LogP contribution in [0.4, 0.5) is 15.9 Å². The van der Waals surface area contributed by atoms with Crippen LogP contribution in [0.3, 0.4) is 0 Å². The molecule has 0 aliphatic rings. The first-order valence-electron chi connectivity index (χ1n) is 8.49. The largest absolute Gasteiger partial charge is 0.469 e. The number of halogens is 1. The minimum Gasteiger partial charge on any atom is -0.469 e. The number of rotatable bonds is 6. The molecule has 0 atom stereocenters. The van der Waals surface area contributed by atoms with Gasteiger partial charge in [0.15, 0.2) is 0 Å². The molecule has 2 aromatic heterocycles. The number of anilines is 2. The molecule has 0 fully saturated rings. The quantitative estimate of drug-likeness (QED) is 0.627. The number of carbonyl (C=O) groups is 2. The third-order valence-corrected chi connectivity index (χ3v) is 5.10. The van der Waals surface area contributed by atoms with Crippen LogP contribution in [0.5, 0.6) is 0 Å². The minimum absolute atomic E-state index is 0.115. The van der Waals surface area contributed by atoms with Gasteiger partial charge in [0.05, 0.1) is 19.1 Å². The number of methoxy groups -OCH3 is 1. The Kier molecular flexibility index (Phi) is 5.84. The standard InChI is InChI=1S/C19H18FN3O4S/c1-4-27-19(25)16-10(2)15-17(21-12-7-5-11(20)6-8-12)22-13(9-14(24)26-3)23-18(15)28-16/h5-8H,4,9H2,1-3H3,(H,21,22,23). The second kappa shape index (κ2) is 8.30. The Morgan fingerprint density at radius 2 is 1.93 bits per heavy atom. The lowest BCUT2D eigenvalue weighted by Crippen LogP contribution is -2.09. The van der Waals surface area contributed by atoms with Crippen LogP contribution >= 0.6 is 11.3 Å². The smallest absolute Gasteiger partial charge is 0.348 e. The molecule has 0 unspecified atom stereocenters. The summed E-state index contributed by atoms with van der Waals surface area (Å²) in [7, 11) is 1.28. The van der Waals surface area contributed by atoms with Crippen LogP contribution in [0.2, 0.25) is 0 Å². The van der Waals surface area contributed by atoms with Gasteiger partial charge in [0.1, 0.15) is 33.6 Å². The fourth-order valence-corrected chi connectivity index (χ4v) is 3.71. The lowest BCUT2D eigenvalue weighted by Gasteiger charge is -2.09. The van der Waals surface area contributed by atoms with E-state index in [1.807, 2.05) is 0 Å². The third kappa shape index (κ3) is 4.09. The Morgan fingerprint density at radius 3 is 2.57 bits per heavy atom. The van der Waals surface area contributed by atoms with Gasteiger partial charge in [-0.1, -0.05) is 0 Å². The first-order chi connectivity index (χ1) is 13.4. The van der Waals surface area contributed by atoms with Crippen molar-refractivity contribution in [2.75, 3.05) is 19.0 Å². The first kappa shape index (κ1) is 19.7. The second-order valence-electron chi connectivity index (χ2n) is 5.83. The number of nitrogens with zero attached hydrogens (tertiary/aromatic N) is 2. The lowest BCUT2D eigenvalue weighted by atomic mass is 10.2. The first-order valence-corrected chi connectivity index (χ1v) is 9.31. The summed E-state index contributed by atoms with van der Waals surface area (Å²) in [5, 5.41) is 3.76. The van der Waals surface area contributed by atoms with E-state index in [2.05, 4.69) is 20.0 Å². The van der Waals surface area contributed by atoms with E-state index in [-0.39, 0.29) is 24.7 Å². The Balaban J connectivity index is 2.12. The monoisotopic (exact) mass is 403 g/mol. The van der Waals surface area contributed by atoms with E-state index in [1.54, 1.807) is 26.0 Å². The van der Waals surface area contributed by atoms with Gasteiger partial charge < -0.3 is 14.8 Å². The highest BCUT2D eigenvalue weighted by atomic mass is 32.1. The number of aryl methyl sites for hydroxylation is 1. The number of carbonyl (C=O) groups excluding carboxylic acids is 2. The van der Waals surface area contributed by atoms with Crippen molar-refractivity contribution in [2.24, 2.45) is 0 Å². The molecule has 28 heavy (non-hydrogen) atoms. The van der Waals surface area contributed by atoms with Crippen LogP contribution < -0.4 is 5.32 Å². The molecule has 3 rings (SSSR count). The summed E-state index contributed by atoms with van der Waals surface area (Å²) in [6, 6.07) is 5.77. The van der Waals surface area contributed by atoms with Gasteiger partial charge in [-0.3, -0.25) is 4.79 Å². The second-order valence-corrected chi connectivity index (χ2v) is 6.83. The fraction of sp³-hybridized carbons (Fsp3) is 0.263. The summed E-state index contributed by atoms with van der Waals surface area (Å²) in [4.78, 5) is 33.7. The van der Waals surface area contributed by atoms with Gasteiger partial charge in [0.25, 0.3) is 0 Å². The van der Waals surface area contributed by atoms with E-state index >= 15 is 0 Å². The van der Waals surface area contributed by atoms with Gasteiger partial charge in [-0.25, -0.2) is 19.2 Å². The maximum Gasteiger partial charge on any atom is 0.348 e. The van der Waals surface area contributed by atoms with Crippen molar-refractivity contribution in [3.63, 3.8) is 0 Å². The number of thiophene rings is 1. The summed E-state index contributed by atoms with van der Waals surface area (Å²) < 4.78 is 23.0. The number of ether oxygens (including phenoxy) is 2. The predicted molar refractivity (Wildman–Crippen MR) is 104 cm³/mol. The van der Waals surface area contributed by atoms with Crippen LogP contribution in [0, 0.1) is 12.7 Å². The van der Waals surface area contributed by atoms with Crippen molar-refractivity contribution in [1.82, 2.24) is 9.97 Å². The Bertz CT molecular complexity index is 1030. The van der Waals surface area contributed by atoms with Gasteiger partial charge in [0, 0.05) is 5.69 Å². The molecular formula is C19H18FN3O4S. The molecular weight excluding hydrogens is 385 g/mol. The highest BCUT2D eigenvalue weighted by Crippen LogP contribution is 2.35. The molecule has 146 valence electrons. The van der Waals surface area contributed by atoms with E-state index in [0.29, 0.717) is 32.2 Å². The van der Waals surface area contributed by atoms with Crippen LogP contribution in [0.15, 0.2) is 24.3 Å². The topological polar surface area (TPSA) is 90.4 Å². The molecule has 0 spiro atoms. The number of nitrogens with one attached hydrogen (secondary N) is 1. The SMILES string of the molecule is CCOC(=O)c1sc2nc(CC(=O)OC)nc(Nc3ccc(F)cc3)c2c1C. The van der Waals surface area contributed by atoms with Crippen molar-refractivity contribution < 1.29 is 23.5 Å². The van der Waals surface area contributed by atoms with Gasteiger partial charge in [-0.15, -0.1) is 11.3 Å².